The molecule has 0 atom stereocenters. The molecule has 6 nitrogen and oxygen atoms in total. The second-order valence-corrected chi connectivity index (χ2v) is 7.54. The SMILES string of the molecule is CCN1CCN(c2cc(C)nc(N3CCN(c4ccc(F)cc4)CC3)n2)CC1. The molecule has 4 rings (SSSR count). The van der Waals surface area contributed by atoms with Gasteiger partial charge in [0.05, 0.1) is 0 Å². The van der Waals surface area contributed by atoms with E-state index < -0.39 is 0 Å². The average Bonchev–Trinajstić information content (AvgIpc) is 2.74. The highest BCUT2D eigenvalue weighted by Gasteiger charge is 2.22. The standard InChI is InChI=1S/C21H29FN6/c1-3-25-8-10-27(11-9-25)20-16-17(2)23-21(24-20)28-14-12-26(13-15-28)19-6-4-18(22)5-7-19/h4-7,16H,3,8-15H2,1-2H3. The monoisotopic (exact) mass is 384 g/mol. The van der Waals surface area contributed by atoms with Gasteiger partial charge in [0.25, 0.3) is 0 Å². The smallest absolute Gasteiger partial charge is 0.227 e. The van der Waals surface area contributed by atoms with Crippen molar-refractivity contribution in [2.75, 3.05) is 73.6 Å². The van der Waals surface area contributed by atoms with Crippen LogP contribution in [0.2, 0.25) is 0 Å². The van der Waals surface area contributed by atoms with Gasteiger partial charge in [-0.3, -0.25) is 0 Å². The van der Waals surface area contributed by atoms with Crippen molar-refractivity contribution in [3.8, 4) is 0 Å². The van der Waals surface area contributed by atoms with Crippen molar-refractivity contribution in [2.24, 2.45) is 0 Å². The zero-order valence-electron chi connectivity index (χ0n) is 16.8. The molecule has 28 heavy (non-hydrogen) atoms. The fraction of sp³-hybridized carbons (Fsp3) is 0.524. The second kappa shape index (κ2) is 8.31. The number of aromatic nitrogens is 2. The lowest BCUT2D eigenvalue weighted by Gasteiger charge is -2.37. The third-order valence-electron chi connectivity index (χ3n) is 5.73. The van der Waals surface area contributed by atoms with Crippen molar-refractivity contribution in [1.82, 2.24) is 14.9 Å². The number of nitrogens with zero attached hydrogens (tertiary/aromatic N) is 6. The van der Waals surface area contributed by atoms with E-state index in [0.717, 1.165) is 82.1 Å². The Morgan fingerprint density at radius 3 is 2.07 bits per heavy atom. The lowest BCUT2D eigenvalue weighted by molar-refractivity contribution is 0.270. The van der Waals surface area contributed by atoms with Gasteiger partial charge in [-0.1, -0.05) is 6.92 Å². The first kappa shape index (κ1) is 18.9. The van der Waals surface area contributed by atoms with Crippen molar-refractivity contribution in [1.29, 1.82) is 0 Å². The predicted octanol–water partition coefficient (Wildman–Crippen LogP) is 2.39. The van der Waals surface area contributed by atoms with Gasteiger partial charge in [0.15, 0.2) is 0 Å². The van der Waals surface area contributed by atoms with Crippen LogP contribution in [0.4, 0.5) is 21.8 Å². The zero-order chi connectivity index (χ0) is 19.5. The molecule has 0 unspecified atom stereocenters. The predicted molar refractivity (Wildman–Crippen MR) is 112 cm³/mol. The summed E-state index contributed by atoms with van der Waals surface area (Å²) in [5.74, 6) is 1.67. The fourth-order valence-corrected chi connectivity index (χ4v) is 3.95. The minimum absolute atomic E-state index is 0.192. The van der Waals surface area contributed by atoms with E-state index >= 15 is 0 Å². The van der Waals surface area contributed by atoms with E-state index in [9.17, 15) is 4.39 Å². The van der Waals surface area contributed by atoms with E-state index in [1.807, 2.05) is 19.1 Å². The highest BCUT2D eigenvalue weighted by atomic mass is 19.1. The molecule has 150 valence electrons. The highest BCUT2D eigenvalue weighted by Crippen LogP contribution is 2.22. The maximum Gasteiger partial charge on any atom is 0.227 e. The van der Waals surface area contributed by atoms with Gasteiger partial charge in [-0.05, 0) is 37.7 Å². The third kappa shape index (κ3) is 4.19. The number of anilines is 3. The number of hydrogen-bond donors (Lipinski definition) is 0. The van der Waals surface area contributed by atoms with Crippen LogP contribution in [0.25, 0.3) is 0 Å². The van der Waals surface area contributed by atoms with Crippen LogP contribution in [-0.2, 0) is 0 Å². The molecule has 3 heterocycles. The van der Waals surface area contributed by atoms with Gasteiger partial charge >= 0.3 is 0 Å². The van der Waals surface area contributed by atoms with E-state index in [1.165, 1.54) is 12.1 Å². The Morgan fingerprint density at radius 1 is 0.821 bits per heavy atom. The Hall–Kier alpha value is -2.41. The van der Waals surface area contributed by atoms with E-state index in [4.69, 9.17) is 9.97 Å². The van der Waals surface area contributed by atoms with Gasteiger partial charge in [-0.15, -0.1) is 0 Å². The van der Waals surface area contributed by atoms with Crippen LogP contribution in [0.1, 0.15) is 12.6 Å². The molecule has 0 aliphatic carbocycles. The maximum absolute atomic E-state index is 13.2. The number of hydrogen-bond acceptors (Lipinski definition) is 6. The van der Waals surface area contributed by atoms with Crippen molar-refractivity contribution < 1.29 is 4.39 Å². The molecule has 0 saturated carbocycles. The third-order valence-corrected chi connectivity index (χ3v) is 5.73. The van der Waals surface area contributed by atoms with Crippen LogP contribution in [0.3, 0.4) is 0 Å². The lowest BCUT2D eigenvalue weighted by Crippen LogP contribution is -2.48. The summed E-state index contributed by atoms with van der Waals surface area (Å²) in [5.41, 5.74) is 2.08. The molecule has 2 aliphatic rings. The Labute approximate surface area is 166 Å². The van der Waals surface area contributed by atoms with Crippen molar-refractivity contribution in [2.45, 2.75) is 13.8 Å². The molecule has 7 heteroatoms. The summed E-state index contributed by atoms with van der Waals surface area (Å²) in [4.78, 5) is 19.0. The number of likely N-dealkylation sites (N-methyl/N-ethyl adjacent to an activating group) is 1. The number of aryl methyl sites for hydroxylation is 1. The van der Waals surface area contributed by atoms with E-state index in [1.54, 1.807) is 0 Å². The molecular formula is C21H29FN6. The Balaban J connectivity index is 1.42. The van der Waals surface area contributed by atoms with Crippen molar-refractivity contribution in [3.05, 3.63) is 41.8 Å². The quantitative estimate of drug-likeness (QED) is 0.806. The van der Waals surface area contributed by atoms with Crippen LogP contribution >= 0.6 is 0 Å². The van der Waals surface area contributed by atoms with Crippen LogP contribution in [-0.4, -0.2) is 73.8 Å². The lowest BCUT2D eigenvalue weighted by atomic mass is 10.2. The summed E-state index contributed by atoms with van der Waals surface area (Å²) in [6.07, 6.45) is 0. The van der Waals surface area contributed by atoms with Crippen LogP contribution < -0.4 is 14.7 Å². The number of halogens is 1. The number of rotatable bonds is 4. The van der Waals surface area contributed by atoms with E-state index in [-0.39, 0.29) is 5.82 Å². The van der Waals surface area contributed by atoms with Gasteiger partial charge in [-0.2, -0.15) is 4.98 Å². The summed E-state index contributed by atoms with van der Waals surface area (Å²) in [6.45, 7) is 13.1. The molecule has 2 aromatic rings. The van der Waals surface area contributed by atoms with Gasteiger partial charge in [0, 0.05) is 69.8 Å². The van der Waals surface area contributed by atoms with E-state index in [0.29, 0.717) is 0 Å². The molecule has 0 amide bonds. The van der Waals surface area contributed by atoms with Crippen LogP contribution in [0, 0.1) is 12.7 Å². The van der Waals surface area contributed by atoms with Crippen LogP contribution in [0.15, 0.2) is 30.3 Å². The molecule has 0 bridgehead atoms. The molecule has 0 N–H and O–H groups in total. The summed E-state index contributed by atoms with van der Waals surface area (Å²) >= 11 is 0. The fourth-order valence-electron chi connectivity index (χ4n) is 3.95. The van der Waals surface area contributed by atoms with E-state index in [2.05, 4.69) is 32.6 Å². The highest BCUT2D eigenvalue weighted by molar-refractivity contribution is 5.50. The molecule has 0 radical (unpaired) electrons. The normalized spacial score (nSPS) is 18.6. The largest absolute Gasteiger partial charge is 0.368 e. The zero-order valence-corrected chi connectivity index (χ0v) is 16.8. The second-order valence-electron chi connectivity index (χ2n) is 7.54. The Bertz CT molecular complexity index is 780. The first-order valence-electron chi connectivity index (χ1n) is 10.2. The minimum Gasteiger partial charge on any atom is -0.368 e. The minimum atomic E-state index is -0.192. The Kier molecular flexibility index (Phi) is 5.62. The Morgan fingerprint density at radius 2 is 1.43 bits per heavy atom. The maximum atomic E-state index is 13.2. The topological polar surface area (TPSA) is 38.7 Å². The van der Waals surface area contributed by atoms with Gasteiger partial charge in [0.2, 0.25) is 5.95 Å². The number of piperazine rings is 2. The summed E-state index contributed by atoms with van der Waals surface area (Å²) in [6, 6.07) is 8.84. The molecular weight excluding hydrogens is 355 g/mol. The van der Waals surface area contributed by atoms with Gasteiger partial charge < -0.3 is 19.6 Å². The summed E-state index contributed by atoms with van der Waals surface area (Å²) < 4.78 is 13.2. The molecule has 1 aromatic carbocycles. The molecule has 1 aromatic heterocycles. The van der Waals surface area contributed by atoms with Crippen molar-refractivity contribution >= 4 is 17.5 Å². The van der Waals surface area contributed by atoms with Gasteiger partial charge in [-0.25, -0.2) is 9.37 Å². The summed E-state index contributed by atoms with van der Waals surface area (Å²) in [7, 11) is 0. The van der Waals surface area contributed by atoms with Crippen molar-refractivity contribution in [3.63, 3.8) is 0 Å². The molecule has 2 fully saturated rings. The van der Waals surface area contributed by atoms with Crippen LogP contribution in [0.5, 0.6) is 0 Å². The number of benzene rings is 1. The first-order valence-corrected chi connectivity index (χ1v) is 10.2. The molecule has 2 aliphatic heterocycles. The first-order chi connectivity index (χ1) is 13.6. The summed E-state index contributed by atoms with van der Waals surface area (Å²) in [5, 5.41) is 0. The molecule has 2 saturated heterocycles. The average molecular weight is 385 g/mol. The molecule has 0 spiro atoms. The van der Waals surface area contributed by atoms with Gasteiger partial charge in [0.1, 0.15) is 11.6 Å².